The van der Waals surface area contributed by atoms with Gasteiger partial charge in [-0.05, 0) is 12.1 Å². The average Bonchev–Trinajstić information content (AvgIpc) is 2.16. The van der Waals surface area contributed by atoms with Crippen molar-refractivity contribution in [2.45, 2.75) is 10.4 Å². The summed E-state index contributed by atoms with van der Waals surface area (Å²) in [6, 6.07) is 5.57. The van der Waals surface area contributed by atoms with Crippen LogP contribution in [-0.2, 0) is 9.84 Å². The summed E-state index contributed by atoms with van der Waals surface area (Å²) in [5.41, 5.74) is -5.91. The lowest BCUT2D eigenvalue weighted by Gasteiger charge is -2.08. The molecule has 0 aliphatic heterocycles. The molecule has 0 atom stereocenters. The molecule has 0 aliphatic rings. The molecule has 0 aliphatic carbocycles. The number of rotatable bonds is 1. The first kappa shape index (κ1) is 11.5. The van der Waals surface area contributed by atoms with Crippen molar-refractivity contribution in [1.82, 2.24) is 0 Å². The predicted molar refractivity (Wildman–Crippen MR) is 44.4 cm³/mol. The van der Waals surface area contributed by atoms with Gasteiger partial charge in [0.2, 0.25) is 0 Å². The van der Waals surface area contributed by atoms with Gasteiger partial charge in [-0.3, -0.25) is 0 Å². The fourth-order valence-corrected chi connectivity index (χ4v) is 1.83. The van der Waals surface area contributed by atoms with Crippen molar-refractivity contribution < 1.29 is 21.6 Å². The molecule has 0 heterocycles. The standard InChI is InChI=1S/C8H4F3NO2S/c9-8(10,11)15(13,14)7-4-2-1-3-6(7)5-12/h1-4H. The second kappa shape index (κ2) is 3.55. The summed E-state index contributed by atoms with van der Waals surface area (Å²) in [5, 5.41) is 8.47. The van der Waals surface area contributed by atoms with Gasteiger partial charge in [0, 0.05) is 0 Å². The quantitative estimate of drug-likeness (QED) is 0.746. The Bertz CT molecular complexity index is 513. The lowest BCUT2D eigenvalue weighted by Crippen LogP contribution is -2.24. The molecule has 1 aromatic rings. The lowest BCUT2D eigenvalue weighted by atomic mass is 10.2. The summed E-state index contributed by atoms with van der Waals surface area (Å²) in [5.74, 6) is 0. The van der Waals surface area contributed by atoms with E-state index in [2.05, 4.69) is 0 Å². The van der Waals surface area contributed by atoms with E-state index in [4.69, 9.17) is 5.26 Å². The molecule has 0 bridgehead atoms. The van der Waals surface area contributed by atoms with Crippen LogP contribution >= 0.6 is 0 Å². The third-order valence-electron chi connectivity index (χ3n) is 1.60. The minimum Gasteiger partial charge on any atom is -0.214 e. The Labute approximate surface area is 83.7 Å². The van der Waals surface area contributed by atoms with Gasteiger partial charge in [0.15, 0.2) is 0 Å². The zero-order chi connectivity index (χ0) is 11.7. The van der Waals surface area contributed by atoms with Crippen molar-refractivity contribution in [1.29, 1.82) is 5.26 Å². The SMILES string of the molecule is N#Cc1ccccc1S(=O)(=O)C(F)(F)F. The molecule has 0 fully saturated rings. The summed E-state index contributed by atoms with van der Waals surface area (Å²) in [7, 11) is -5.44. The number of halogens is 3. The topological polar surface area (TPSA) is 57.9 Å². The maximum Gasteiger partial charge on any atom is 0.501 e. The van der Waals surface area contributed by atoms with Crippen molar-refractivity contribution in [3.63, 3.8) is 0 Å². The Hall–Kier alpha value is -1.55. The van der Waals surface area contributed by atoms with Crippen LogP contribution in [0, 0.1) is 11.3 Å². The van der Waals surface area contributed by atoms with Crippen LogP contribution in [0.5, 0.6) is 0 Å². The first-order valence-electron chi connectivity index (χ1n) is 3.61. The van der Waals surface area contributed by atoms with Crippen molar-refractivity contribution in [3.8, 4) is 6.07 Å². The van der Waals surface area contributed by atoms with Gasteiger partial charge >= 0.3 is 5.51 Å². The number of benzene rings is 1. The number of sulfone groups is 1. The second-order valence-electron chi connectivity index (χ2n) is 2.56. The molecule has 0 amide bonds. The maximum atomic E-state index is 12.1. The van der Waals surface area contributed by atoms with Crippen LogP contribution in [0.2, 0.25) is 0 Å². The minimum atomic E-state index is -5.44. The molecule has 1 aromatic carbocycles. The highest BCUT2D eigenvalue weighted by Crippen LogP contribution is 2.31. The van der Waals surface area contributed by atoms with Crippen molar-refractivity contribution >= 4 is 9.84 Å². The van der Waals surface area contributed by atoms with Crippen LogP contribution in [0.4, 0.5) is 13.2 Å². The predicted octanol–water partition coefficient (Wildman–Crippen LogP) is 1.85. The molecule has 0 aromatic heterocycles. The van der Waals surface area contributed by atoms with E-state index in [1.807, 2.05) is 0 Å². The highest BCUT2D eigenvalue weighted by molar-refractivity contribution is 7.92. The molecule has 15 heavy (non-hydrogen) atoms. The summed E-state index contributed by atoms with van der Waals surface area (Å²) < 4.78 is 58.3. The van der Waals surface area contributed by atoms with E-state index < -0.39 is 25.8 Å². The van der Waals surface area contributed by atoms with Gasteiger partial charge in [-0.25, -0.2) is 8.42 Å². The number of nitriles is 1. The summed E-state index contributed by atoms with van der Waals surface area (Å²) in [6.45, 7) is 0. The van der Waals surface area contributed by atoms with Gasteiger partial charge in [0.05, 0.1) is 10.5 Å². The molecule has 80 valence electrons. The maximum absolute atomic E-state index is 12.1. The van der Waals surface area contributed by atoms with E-state index in [1.54, 1.807) is 0 Å². The molecule has 0 unspecified atom stereocenters. The summed E-state index contributed by atoms with van der Waals surface area (Å²) in [6.07, 6.45) is 0. The van der Waals surface area contributed by atoms with Crippen LogP contribution in [-0.4, -0.2) is 13.9 Å². The first-order valence-corrected chi connectivity index (χ1v) is 5.09. The molecular formula is C8H4F3NO2S. The fourth-order valence-electron chi connectivity index (χ4n) is 0.918. The number of nitrogens with zero attached hydrogens (tertiary/aromatic N) is 1. The van der Waals surface area contributed by atoms with Gasteiger partial charge in [-0.15, -0.1) is 0 Å². The monoisotopic (exact) mass is 235 g/mol. The van der Waals surface area contributed by atoms with Crippen LogP contribution in [0.15, 0.2) is 29.2 Å². The molecule has 7 heteroatoms. The van der Waals surface area contributed by atoms with Gasteiger partial charge < -0.3 is 0 Å². The van der Waals surface area contributed by atoms with Crippen LogP contribution < -0.4 is 0 Å². The van der Waals surface area contributed by atoms with Crippen molar-refractivity contribution in [2.24, 2.45) is 0 Å². The van der Waals surface area contributed by atoms with Gasteiger partial charge in [0.1, 0.15) is 6.07 Å². The zero-order valence-corrected chi connectivity index (χ0v) is 7.93. The number of hydrogen-bond donors (Lipinski definition) is 0. The molecule has 0 radical (unpaired) electrons. The van der Waals surface area contributed by atoms with Crippen LogP contribution in [0.1, 0.15) is 5.56 Å². The van der Waals surface area contributed by atoms with E-state index in [0.29, 0.717) is 0 Å². The molecule has 3 nitrogen and oxygen atoms in total. The minimum absolute atomic E-state index is 0.519. The highest BCUT2D eigenvalue weighted by Gasteiger charge is 2.47. The van der Waals surface area contributed by atoms with Crippen molar-refractivity contribution in [3.05, 3.63) is 29.8 Å². The fraction of sp³-hybridized carbons (Fsp3) is 0.125. The van der Waals surface area contributed by atoms with E-state index in [9.17, 15) is 21.6 Å². The third kappa shape index (κ3) is 1.94. The molecule has 0 spiro atoms. The molecule has 0 saturated carbocycles. The number of hydrogen-bond acceptors (Lipinski definition) is 3. The molecule has 1 rings (SSSR count). The average molecular weight is 235 g/mol. The summed E-state index contributed by atoms with van der Waals surface area (Å²) >= 11 is 0. The normalized spacial score (nSPS) is 12.1. The Balaban J connectivity index is 3.50. The van der Waals surface area contributed by atoms with E-state index >= 15 is 0 Å². The first-order chi connectivity index (χ1) is 6.80. The Morgan fingerprint density at radius 1 is 1.20 bits per heavy atom. The highest BCUT2D eigenvalue weighted by atomic mass is 32.2. The summed E-state index contributed by atoms with van der Waals surface area (Å²) in [4.78, 5) is -1.01. The van der Waals surface area contributed by atoms with Crippen molar-refractivity contribution in [2.75, 3.05) is 0 Å². The smallest absolute Gasteiger partial charge is 0.214 e. The second-order valence-corrected chi connectivity index (χ2v) is 4.47. The van der Waals surface area contributed by atoms with Gasteiger partial charge in [-0.2, -0.15) is 18.4 Å². The number of alkyl halides is 3. The van der Waals surface area contributed by atoms with E-state index in [-0.39, 0.29) is 0 Å². The van der Waals surface area contributed by atoms with E-state index in [1.165, 1.54) is 12.1 Å². The molecular weight excluding hydrogens is 231 g/mol. The Kier molecular flexibility index (Phi) is 2.73. The Morgan fingerprint density at radius 3 is 2.20 bits per heavy atom. The third-order valence-corrected chi connectivity index (χ3v) is 3.15. The van der Waals surface area contributed by atoms with Gasteiger partial charge in [-0.1, -0.05) is 12.1 Å². The molecule has 0 saturated heterocycles. The lowest BCUT2D eigenvalue weighted by molar-refractivity contribution is -0.0436. The van der Waals surface area contributed by atoms with E-state index in [0.717, 1.165) is 18.2 Å². The molecule has 0 N–H and O–H groups in total. The Morgan fingerprint density at radius 2 is 1.73 bits per heavy atom. The van der Waals surface area contributed by atoms with Gasteiger partial charge in [0.25, 0.3) is 9.84 Å². The van der Waals surface area contributed by atoms with Crippen LogP contribution in [0.25, 0.3) is 0 Å². The largest absolute Gasteiger partial charge is 0.501 e. The zero-order valence-electron chi connectivity index (χ0n) is 7.12. The van der Waals surface area contributed by atoms with Crippen LogP contribution in [0.3, 0.4) is 0 Å².